The first-order chi connectivity index (χ1) is 11.4. The van der Waals surface area contributed by atoms with Crippen LogP contribution < -0.4 is 10.6 Å². The van der Waals surface area contributed by atoms with Crippen LogP contribution in [-0.4, -0.2) is 53.1 Å². The lowest BCUT2D eigenvalue weighted by Crippen LogP contribution is -2.72. The lowest BCUT2D eigenvalue weighted by molar-refractivity contribution is -0.140. The molecule has 0 saturated carbocycles. The number of benzene rings is 1. The van der Waals surface area contributed by atoms with Crippen molar-refractivity contribution in [2.45, 2.75) is 24.6 Å². The quantitative estimate of drug-likeness (QED) is 0.864. The van der Waals surface area contributed by atoms with Crippen LogP contribution in [0.25, 0.3) is 0 Å². The normalized spacial score (nSPS) is 30.5. The van der Waals surface area contributed by atoms with Gasteiger partial charge in [0.25, 0.3) is 0 Å². The first-order valence-corrected chi connectivity index (χ1v) is 8.92. The van der Waals surface area contributed by atoms with E-state index in [1.807, 2.05) is 6.92 Å². The number of fused-ring (bicyclic) bond motifs is 1. The van der Waals surface area contributed by atoms with Crippen LogP contribution in [0.3, 0.4) is 0 Å². The third-order valence-corrected chi connectivity index (χ3v) is 5.63. The van der Waals surface area contributed by atoms with Gasteiger partial charge in [0.2, 0.25) is 5.91 Å². The van der Waals surface area contributed by atoms with E-state index in [0.29, 0.717) is 0 Å². The summed E-state index contributed by atoms with van der Waals surface area (Å²) in [6.07, 6.45) is -0.663. The van der Waals surface area contributed by atoms with E-state index >= 15 is 0 Å². The Morgan fingerprint density at radius 3 is 2.46 bits per heavy atom. The third-order valence-electron chi connectivity index (χ3n) is 4.51. The summed E-state index contributed by atoms with van der Waals surface area (Å²) in [7, 11) is 3.20. The van der Waals surface area contributed by atoms with Crippen LogP contribution >= 0.6 is 11.8 Å². The Hall–Kier alpha value is -1.64. The van der Waals surface area contributed by atoms with Gasteiger partial charge in [-0.05, 0) is 23.4 Å². The van der Waals surface area contributed by atoms with Crippen molar-refractivity contribution in [1.29, 1.82) is 0 Å². The number of hydrogen-bond acceptors (Lipinski definition) is 5. The van der Waals surface area contributed by atoms with Crippen molar-refractivity contribution in [3.05, 3.63) is 35.6 Å². The molecule has 2 heterocycles. The average molecular weight is 352 g/mol. The Morgan fingerprint density at radius 2 is 1.83 bits per heavy atom. The molecule has 8 heteroatoms. The molecule has 3 rings (SSSR count). The third kappa shape index (κ3) is 2.89. The topological polar surface area (TPSA) is 64.7 Å². The van der Waals surface area contributed by atoms with E-state index in [9.17, 15) is 14.0 Å². The fourth-order valence-electron chi connectivity index (χ4n) is 3.23. The maximum absolute atomic E-state index is 13.2. The number of hydrogen-bond donors (Lipinski definition) is 2. The summed E-state index contributed by atoms with van der Waals surface area (Å²) < 4.78 is 13.2. The molecule has 3 amide bonds. The predicted octanol–water partition coefficient (Wildman–Crippen LogP) is 1.56. The molecule has 0 aliphatic carbocycles. The van der Waals surface area contributed by atoms with Crippen LogP contribution in [0.5, 0.6) is 0 Å². The van der Waals surface area contributed by atoms with Crippen molar-refractivity contribution in [3.8, 4) is 0 Å². The molecule has 0 spiro atoms. The first kappa shape index (κ1) is 17.2. The summed E-state index contributed by atoms with van der Waals surface area (Å²) in [5.41, 5.74) is 0.865. The Kier molecular flexibility index (Phi) is 4.80. The lowest BCUT2D eigenvalue weighted by Gasteiger charge is -2.50. The van der Waals surface area contributed by atoms with Crippen molar-refractivity contribution >= 4 is 23.7 Å². The summed E-state index contributed by atoms with van der Waals surface area (Å²) in [6.45, 7) is 2.03. The molecule has 2 saturated heterocycles. The van der Waals surface area contributed by atoms with Gasteiger partial charge in [-0.25, -0.2) is 9.18 Å². The number of halogens is 1. The van der Waals surface area contributed by atoms with E-state index < -0.39 is 6.17 Å². The molecular weight excluding hydrogens is 331 g/mol. The van der Waals surface area contributed by atoms with Crippen molar-refractivity contribution in [3.63, 3.8) is 0 Å². The largest absolute Gasteiger partial charge is 0.327 e. The number of amides is 3. The molecule has 4 atom stereocenters. The van der Waals surface area contributed by atoms with Crippen molar-refractivity contribution < 1.29 is 14.0 Å². The number of urea groups is 1. The van der Waals surface area contributed by atoms with E-state index in [4.69, 9.17) is 0 Å². The minimum absolute atomic E-state index is 0.137. The van der Waals surface area contributed by atoms with Gasteiger partial charge < -0.3 is 4.90 Å². The van der Waals surface area contributed by atoms with E-state index in [1.54, 1.807) is 35.8 Å². The van der Waals surface area contributed by atoms with Gasteiger partial charge in [-0.1, -0.05) is 19.1 Å². The summed E-state index contributed by atoms with van der Waals surface area (Å²) in [6, 6.07) is 5.89. The second kappa shape index (κ2) is 6.70. The van der Waals surface area contributed by atoms with Gasteiger partial charge in [-0.2, -0.15) is 0 Å². The Labute approximate surface area is 144 Å². The molecule has 0 radical (unpaired) electrons. The Balaban J connectivity index is 1.92. The molecule has 1 aromatic rings. The molecule has 4 unspecified atom stereocenters. The number of nitrogens with one attached hydrogen (secondary N) is 2. The van der Waals surface area contributed by atoms with Gasteiger partial charge in [-0.3, -0.25) is 20.3 Å². The highest BCUT2D eigenvalue weighted by molar-refractivity contribution is 7.99. The van der Waals surface area contributed by atoms with Gasteiger partial charge in [0, 0.05) is 14.1 Å². The second-order valence-electron chi connectivity index (χ2n) is 5.96. The lowest BCUT2D eigenvalue weighted by atomic mass is 9.96. The van der Waals surface area contributed by atoms with Crippen LogP contribution in [0.15, 0.2) is 24.3 Å². The van der Waals surface area contributed by atoms with Crippen LogP contribution in [-0.2, 0) is 4.79 Å². The SMILES string of the molecule is CCSC1NC(c2ccc(F)cc2)NC2C1C(=O)N(C)C(=O)N2C. The number of carbonyl (C=O) groups excluding carboxylic acids is 2. The van der Waals surface area contributed by atoms with E-state index in [-0.39, 0.29) is 35.2 Å². The van der Waals surface area contributed by atoms with Gasteiger partial charge in [-0.15, -0.1) is 11.8 Å². The highest BCUT2D eigenvalue weighted by Gasteiger charge is 2.50. The molecule has 2 aliphatic heterocycles. The molecule has 130 valence electrons. The summed E-state index contributed by atoms with van der Waals surface area (Å²) in [4.78, 5) is 27.6. The standard InChI is InChI=1S/C16H21FN4O2S/c1-4-24-14-11-13(20(2)16(23)21(3)15(11)22)18-12(19-14)9-5-7-10(17)8-6-9/h5-8,11-14,18-19H,4H2,1-3H3. The molecular formula is C16H21FN4O2S. The van der Waals surface area contributed by atoms with Crippen LogP contribution in [0.4, 0.5) is 9.18 Å². The van der Waals surface area contributed by atoms with Crippen molar-refractivity contribution in [2.75, 3.05) is 19.8 Å². The molecule has 0 bridgehead atoms. The number of rotatable bonds is 3. The molecule has 0 aromatic heterocycles. The fourth-order valence-corrected chi connectivity index (χ4v) is 4.29. The molecule has 2 fully saturated rings. The maximum Gasteiger partial charge on any atom is 0.327 e. The van der Waals surface area contributed by atoms with Crippen LogP contribution in [0.2, 0.25) is 0 Å². The maximum atomic E-state index is 13.2. The number of nitrogens with zero attached hydrogens (tertiary/aromatic N) is 2. The van der Waals surface area contributed by atoms with E-state index in [0.717, 1.165) is 11.3 Å². The highest BCUT2D eigenvalue weighted by atomic mass is 32.2. The minimum atomic E-state index is -0.401. The van der Waals surface area contributed by atoms with Gasteiger partial charge in [0.05, 0.1) is 23.6 Å². The summed E-state index contributed by atoms with van der Waals surface area (Å²) in [5, 5.41) is 6.60. The second-order valence-corrected chi connectivity index (χ2v) is 7.37. The highest BCUT2D eigenvalue weighted by Crippen LogP contribution is 2.34. The Bertz CT molecular complexity index is 641. The van der Waals surface area contributed by atoms with E-state index in [2.05, 4.69) is 10.6 Å². The average Bonchev–Trinajstić information content (AvgIpc) is 2.58. The predicted molar refractivity (Wildman–Crippen MR) is 90.5 cm³/mol. The first-order valence-electron chi connectivity index (χ1n) is 7.87. The van der Waals surface area contributed by atoms with Gasteiger partial charge in [0.15, 0.2) is 0 Å². The van der Waals surface area contributed by atoms with Crippen molar-refractivity contribution in [2.24, 2.45) is 5.92 Å². The molecule has 24 heavy (non-hydrogen) atoms. The number of thioether (sulfide) groups is 1. The molecule has 2 aliphatic rings. The number of carbonyl (C=O) groups is 2. The fraction of sp³-hybridized carbons (Fsp3) is 0.500. The smallest absolute Gasteiger partial charge is 0.311 e. The molecule has 1 aromatic carbocycles. The summed E-state index contributed by atoms with van der Waals surface area (Å²) >= 11 is 1.64. The Morgan fingerprint density at radius 1 is 1.17 bits per heavy atom. The zero-order valence-electron chi connectivity index (χ0n) is 13.8. The molecule has 2 N–H and O–H groups in total. The van der Waals surface area contributed by atoms with Crippen molar-refractivity contribution in [1.82, 2.24) is 20.4 Å². The van der Waals surface area contributed by atoms with Crippen LogP contribution in [0.1, 0.15) is 18.7 Å². The van der Waals surface area contributed by atoms with Crippen LogP contribution in [0, 0.1) is 11.7 Å². The minimum Gasteiger partial charge on any atom is -0.311 e. The molecule has 6 nitrogen and oxygen atoms in total. The number of imide groups is 1. The zero-order chi connectivity index (χ0) is 17.4. The monoisotopic (exact) mass is 352 g/mol. The van der Waals surface area contributed by atoms with E-state index in [1.165, 1.54) is 24.1 Å². The zero-order valence-corrected chi connectivity index (χ0v) is 14.6. The summed E-state index contributed by atoms with van der Waals surface area (Å²) in [5.74, 6) is -0.0225. The van der Waals surface area contributed by atoms with Gasteiger partial charge in [0.1, 0.15) is 5.82 Å². The van der Waals surface area contributed by atoms with Gasteiger partial charge >= 0.3 is 6.03 Å².